The maximum absolute atomic E-state index is 13.0. The average Bonchev–Trinajstić information content (AvgIpc) is 2.85. The van der Waals surface area contributed by atoms with Gasteiger partial charge in [-0.1, -0.05) is 104 Å². The first-order valence-electron chi connectivity index (χ1n) is 14.7. The first-order valence-corrected chi connectivity index (χ1v) is 14.7. The van der Waals surface area contributed by atoms with Gasteiger partial charge in [0.05, 0.1) is 6.61 Å². The second kappa shape index (κ2) is 24.3. The maximum Gasteiger partial charge on any atom is 0.329 e. The minimum Gasteiger partial charge on any atom is -0.464 e. The Bertz CT molecular complexity index is 517. The van der Waals surface area contributed by atoms with Crippen LogP contribution in [-0.4, -0.2) is 41.9 Å². The normalized spacial score (nSPS) is 11.9. The molecule has 0 saturated carbocycles. The molecule has 206 valence electrons. The van der Waals surface area contributed by atoms with Crippen molar-refractivity contribution in [2.45, 2.75) is 155 Å². The van der Waals surface area contributed by atoms with Crippen molar-refractivity contribution in [3.63, 3.8) is 0 Å². The molecular formula is C29H56N2O4. The summed E-state index contributed by atoms with van der Waals surface area (Å²) in [5.74, 6) is -0.960. The zero-order chi connectivity index (χ0) is 26.2. The number of esters is 1. The van der Waals surface area contributed by atoms with Crippen LogP contribution < -0.4 is 5.73 Å². The van der Waals surface area contributed by atoms with Crippen LogP contribution in [0.5, 0.6) is 0 Å². The molecule has 0 bridgehead atoms. The highest BCUT2D eigenvalue weighted by atomic mass is 16.5. The lowest BCUT2D eigenvalue weighted by molar-refractivity contribution is -0.162. The molecule has 6 nitrogen and oxygen atoms in total. The van der Waals surface area contributed by atoms with Crippen LogP contribution in [0.15, 0.2) is 0 Å². The van der Waals surface area contributed by atoms with Crippen LogP contribution in [-0.2, 0) is 19.1 Å². The fourth-order valence-corrected chi connectivity index (χ4v) is 4.30. The highest BCUT2D eigenvalue weighted by Gasteiger charge is 2.34. The number of carbonyl (C=O) groups is 3. The van der Waals surface area contributed by atoms with E-state index in [2.05, 4.69) is 20.8 Å². The molecule has 0 unspecified atom stereocenters. The van der Waals surface area contributed by atoms with Gasteiger partial charge in [0.15, 0.2) is 0 Å². The van der Waals surface area contributed by atoms with Gasteiger partial charge >= 0.3 is 5.97 Å². The van der Waals surface area contributed by atoms with E-state index in [0.29, 0.717) is 26.0 Å². The zero-order valence-corrected chi connectivity index (χ0v) is 23.3. The van der Waals surface area contributed by atoms with Crippen molar-refractivity contribution in [3.8, 4) is 0 Å². The molecule has 2 amide bonds. The second-order valence-electron chi connectivity index (χ2n) is 9.87. The summed E-state index contributed by atoms with van der Waals surface area (Å²) in [7, 11) is 0. The third-order valence-corrected chi connectivity index (χ3v) is 6.53. The predicted molar refractivity (Wildman–Crippen MR) is 145 cm³/mol. The Morgan fingerprint density at radius 2 is 1.06 bits per heavy atom. The van der Waals surface area contributed by atoms with E-state index in [9.17, 15) is 14.4 Å². The van der Waals surface area contributed by atoms with Crippen LogP contribution in [0, 0.1) is 0 Å². The lowest BCUT2D eigenvalue weighted by Gasteiger charge is -2.29. The standard InChI is InChI=1S/C29H56N2O4/c1-4-7-10-11-12-13-14-15-16-19-25-35-29(34)26(21-20-24-30)31(27(32)22-17-8-5-2)28(33)23-18-9-6-3/h26H,4-25,30H2,1-3H3/t26-/m0/s1. The Hall–Kier alpha value is -1.43. The molecule has 0 aromatic heterocycles. The highest BCUT2D eigenvalue weighted by molar-refractivity contribution is 5.99. The molecule has 2 N–H and O–H groups in total. The molecule has 1 atom stereocenters. The number of rotatable bonds is 24. The van der Waals surface area contributed by atoms with Crippen molar-refractivity contribution in [2.75, 3.05) is 13.2 Å². The maximum atomic E-state index is 13.0. The fraction of sp³-hybridized carbons (Fsp3) is 0.897. The van der Waals surface area contributed by atoms with Crippen LogP contribution >= 0.6 is 0 Å². The van der Waals surface area contributed by atoms with E-state index in [1.807, 2.05) is 0 Å². The van der Waals surface area contributed by atoms with E-state index in [-0.39, 0.29) is 24.7 Å². The molecule has 0 saturated heterocycles. The van der Waals surface area contributed by atoms with Crippen molar-refractivity contribution < 1.29 is 19.1 Å². The summed E-state index contributed by atoms with van der Waals surface area (Å²) < 4.78 is 5.58. The number of nitrogens with two attached hydrogens (primary N) is 1. The van der Waals surface area contributed by atoms with Gasteiger partial charge in [0.2, 0.25) is 11.8 Å². The van der Waals surface area contributed by atoms with Crippen molar-refractivity contribution in [1.29, 1.82) is 0 Å². The van der Waals surface area contributed by atoms with E-state index >= 15 is 0 Å². The average molecular weight is 497 g/mol. The molecule has 0 aliphatic rings. The lowest BCUT2D eigenvalue weighted by Crippen LogP contribution is -2.49. The highest BCUT2D eigenvalue weighted by Crippen LogP contribution is 2.17. The molecule has 0 aliphatic carbocycles. The minimum absolute atomic E-state index is 0.252. The second-order valence-corrected chi connectivity index (χ2v) is 9.87. The van der Waals surface area contributed by atoms with Crippen LogP contribution in [0.1, 0.15) is 149 Å². The van der Waals surface area contributed by atoms with Crippen LogP contribution in [0.2, 0.25) is 0 Å². The fourth-order valence-electron chi connectivity index (χ4n) is 4.30. The number of ether oxygens (including phenoxy) is 1. The van der Waals surface area contributed by atoms with Crippen molar-refractivity contribution in [2.24, 2.45) is 5.73 Å². The number of unbranched alkanes of at least 4 members (excludes halogenated alkanes) is 13. The number of imide groups is 1. The minimum atomic E-state index is -0.857. The first kappa shape index (κ1) is 33.6. The smallest absolute Gasteiger partial charge is 0.329 e. The zero-order valence-electron chi connectivity index (χ0n) is 23.3. The van der Waals surface area contributed by atoms with Gasteiger partial charge in [-0.25, -0.2) is 4.79 Å². The van der Waals surface area contributed by atoms with Crippen LogP contribution in [0.25, 0.3) is 0 Å². The number of amides is 2. The van der Waals surface area contributed by atoms with Crippen LogP contribution in [0.3, 0.4) is 0 Å². The summed E-state index contributed by atoms with van der Waals surface area (Å²) in [4.78, 5) is 40.3. The molecule has 0 rings (SSSR count). The van der Waals surface area contributed by atoms with Crippen molar-refractivity contribution in [1.82, 2.24) is 4.90 Å². The summed E-state index contributed by atoms with van der Waals surface area (Å²) in [5.41, 5.74) is 5.70. The topological polar surface area (TPSA) is 89.7 Å². The van der Waals surface area contributed by atoms with E-state index in [4.69, 9.17) is 10.5 Å². The molecule has 0 aromatic carbocycles. The van der Waals surface area contributed by atoms with Gasteiger partial charge in [0, 0.05) is 12.8 Å². The van der Waals surface area contributed by atoms with E-state index in [1.54, 1.807) is 0 Å². The van der Waals surface area contributed by atoms with Crippen molar-refractivity contribution in [3.05, 3.63) is 0 Å². The quantitative estimate of drug-likeness (QED) is 0.114. The van der Waals surface area contributed by atoms with Gasteiger partial charge < -0.3 is 10.5 Å². The number of nitrogens with zero attached hydrogens (tertiary/aromatic N) is 1. The van der Waals surface area contributed by atoms with Crippen LogP contribution in [0.4, 0.5) is 0 Å². The molecule has 0 fully saturated rings. The summed E-state index contributed by atoms with van der Waals surface area (Å²) in [6.45, 7) is 7.14. The van der Waals surface area contributed by atoms with Crippen molar-refractivity contribution >= 4 is 17.8 Å². The summed E-state index contributed by atoms with van der Waals surface area (Å²) in [5, 5.41) is 0. The monoisotopic (exact) mass is 496 g/mol. The van der Waals surface area contributed by atoms with Gasteiger partial charge in [0.1, 0.15) is 6.04 Å². The lowest BCUT2D eigenvalue weighted by atomic mass is 10.1. The van der Waals surface area contributed by atoms with Gasteiger partial charge in [0.25, 0.3) is 0 Å². The molecule has 0 aliphatic heterocycles. The van der Waals surface area contributed by atoms with Gasteiger partial charge in [-0.3, -0.25) is 14.5 Å². The Labute approximate surface area is 216 Å². The largest absolute Gasteiger partial charge is 0.464 e. The molecular weight excluding hydrogens is 440 g/mol. The van der Waals surface area contributed by atoms with E-state index < -0.39 is 12.0 Å². The summed E-state index contributed by atoms with van der Waals surface area (Å²) >= 11 is 0. The molecule has 0 radical (unpaired) electrons. The van der Waals surface area contributed by atoms with Gasteiger partial charge in [-0.2, -0.15) is 0 Å². The van der Waals surface area contributed by atoms with Gasteiger partial charge in [-0.15, -0.1) is 0 Å². The van der Waals surface area contributed by atoms with E-state index in [0.717, 1.165) is 57.8 Å². The Balaban J connectivity index is 4.76. The Morgan fingerprint density at radius 3 is 1.51 bits per heavy atom. The molecule has 35 heavy (non-hydrogen) atoms. The Kier molecular flexibility index (Phi) is 23.3. The molecule has 0 aromatic rings. The third-order valence-electron chi connectivity index (χ3n) is 6.53. The number of hydrogen-bond donors (Lipinski definition) is 1. The summed E-state index contributed by atoms with van der Waals surface area (Å²) in [6.07, 6.45) is 18.9. The molecule has 0 spiro atoms. The third kappa shape index (κ3) is 17.6. The summed E-state index contributed by atoms with van der Waals surface area (Å²) in [6, 6.07) is -0.857. The number of carbonyl (C=O) groups excluding carboxylic acids is 3. The van der Waals surface area contributed by atoms with Gasteiger partial charge in [-0.05, 0) is 38.6 Å². The SMILES string of the molecule is CCCCCCCCCCCCOC(=O)[C@H](CCCN)N(C(=O)CCCCC)C(=O)CCCCC. The first-order chi connectivity index (χ1) is 17.0. The molecule has 0 heterocycles. The Morgan fingerprint density at radius 1 is 0.629 bits per heavy atom. The number of hydrogen-bond acceptors (Lipinski definition) is 5. The molecule has 6 heteroatoms. The van der Waals surface area contributed by atoms with E-state index in [1.165, 1.54) is 49.8 Å². The predicted octanol–water partition coefficient (Wildman–Crippen LogP) is 7.07.